The van der Waals surface area contributed by atoms with E-state index in [9.17, 15) is 9.59 Å². The first kappa shape index (κ1) is 14.3. The van der Waals surface area contributed by atoms with Crippen molar-refractivity contribution >= 4 is 23.2 Å². The lowest BCUT2D eigenvalue weighted by Crippen LogP contribution is -2.40. The smallest absolute Gasteiger partial charge is 0.327 e. The topological polar surface area (TPSA) is 66.4 Å². The molecule has 2 N–H and O–H groups in total. The molecular weight excluding hydrogens is 250 g/mol. The minimum Gasteiger partial charge on any atom is -0.480 e. The van der Waals surface area contributed by atoms with Gasteiger partial charge in [-0.1, -0.05) is 6.07 Å². The van der Waals surface area contributed by atoms with Gasteiger partial charge in [-0.2, -0.15) is 0 Å². The van der Waals surface area contributed by atoms with Gasteiger partial charge >= 0.3 is 5.97 Å². The Morgan fingerprint density at radius 1 is 1.56 bits per heavy atom. The summed E-state index contributed by atoms with van der Waals surface area (Å²) in [4.78, 5) is 23.5. The highest BCUT2D eigenvalue weighted by Gasteiger charge is 2.18. The first-order valence-electron chi connectivity index (χ1n) is 5.61. The molecule has 1 aromatic rings. The van der Waals surface area contributed by atoms with E-state index in [2.05, 4.69) is 11.2 Å². The number of thiophene rings is 1. The van der Waals surface area contributed by atoms with E-state index in [-0.39, 0.29) is 12.3 Å². The van der Waals surface area contributed by atoms with Crippen LogP contribution in [0.4, 0.5) is 0 Å². The van der Waals surface area contributed by atoms with Crippen molar-refractivity contribution in [2.24, 2.45) is 0 Å². The number of aryl methyl sites for hydroxylation is 1. The summed E-state index contributed by atoms with van der Waals surface area (Å²) in [6.07, 6.45) is 6.90. The summed E-state index contributed by atoms with van der Waals surface area (Å²) in [5, 5.41) is 13.2. The van der Waals surface area contributed by atoms with Crippen LogP contribution in [0.5, 0.6) is 0 Å². The second-order valence-electron chi connectivity index (χ2n) is 3.80. The van der Waals surface area contributed by atoms with Crippen molar-refractivity contribution in [1.29, 1.82) is 0 Å². The highest BCUT2D eigenvalue weighted by molar-refractivity contribution is 7.09. The SMILES string of the molecule is C#CCC(NC(=O)CCCc1cccs1)C(=O)O. The molecular formula is C13H15NO3S. The average molecular weight is 265 g/mol. The summed E-state index contributed by atoms with van der Waals surface area (Å²) in [5.74, 6) is 0.872. The zero-order chi connectivity index (χ0) is 13.4. The molecule has 0 saturated carbocycles. The minimum absolute atomic E-state index is 0.00595. The number of hydrogen-bond acceptors (Lipinski definition) is 3. The quantitative estimate of drug-likeness (QED) is 0.737. The molecule has 0 aliphatic heterocycles. The van der Waals surface area contributed by atoms with Crippen LogP contribution >= 0.6 is 11.3 Å². The van der Waals surface area contributed by atoms with Gasteiger partial charge in [0, 0.05) is 17.7 Å². The Morgan fingerprint density at radius 2 is 2.33 bits per heavy atom. The summed E-state index contributed by atoms with van der Waals surface area (Å²) in [6.45, 7) is 0. The van der Waals surface area contributed by atoms with E-state index in [1.807, 2.05) is 17.5 Å². The first-order valence-corrected chi connectivity index (χ1v) is 6.49. The number of aliphatic carboxylic acids is 1. The van der Waals surface area contributed by atoms with E-state index in [1.54, 1.807) is 11.3 Å². The van der Waals surface area contributed by atoms with Crippen LogP contribution < -0.4 is 5.32 Å². The maximum Gasteiger partial charge on any atom is 0.327 e. The van der Waals surface area contributed by atoms with Gasteiger partial charge in [0.25, 0.3) is 0 Å². The van der Waals surface area contributed by atoms with Gasteiger partial charge in [-0.25, -0.2) is 4.79 Å². The highest BCUT2D eigenvalue weighted by Crippen LogP contribution is 2.11. The van der Waals surface area contributed by atoms with Crippen molar-refractivity contribution in [1.82, 2.24) is 5.32 Å². The van der Waals surface area contributed by atoms with Crippen LogP contribution in [0.1, 0.15) is 24.1 Å². The first-order chi connectivity index (χ1) is 8.63. The zero-order valence-electron chi connectivity index (χ0n) is 9.89. The van der Waals surface area contributed by atoms with Crippen molar-refractivity contribution < 1.29 is 14.7 Å². The molecule has 0 radical (unpaired) electrons. The number of nitrogens with one attached hydrogen (secondary N) is 1. The van der Waals surface area contributed by atoms with Crippen LogP contribution in [-0.2, 0) is 16.0 Å². The molecule has 0 spiro atoms. The molecule has 1 rings (SSSR count). The third-order valence-corrected chi connectivity index (χ3v) is 3.30. The minimum atomic E-state index is -1.10. The van der Waals surface area contributed by atoms with Crippen molar-refractivity contribution in [3.63, 3.8) is 0 Å². The summed E-state index contributed by atoms with van der Waals surface area (Å²) < 4.78 is 0. The predicted octanol–water partition coefficient (Wildman–Crippen LogP) is 1.66. The Kier molecular flexibility index (Phi) is 5.95. The van der Waals surface area contributed by atoms with Crippen molar-refractivity contribution in [2.45, 2.75) is 31.7 Å². The molecule has 5 heteroatoms. The van der Waals surface area contributed by atoms with E-state index in [4.69, 9.17) is 11.5 Å². The molecule has 1 unspecified atom stereocenters. The molecule has 1 amide bonds. The van der Waals surface area contributed by atoms with Crippen LogP contribution in [0.15, 0.2) is 17.5 Å². The Morgan fingerprint density at radius 3 is 2.89 bits per heavy atom. The molecule has 18 heavy (non-hydrogen) atoms. The lowest BCUT2D eigenvalue weighted by molar-refractivity contribution is -0.141. The molecule has 0 aromatic carbocycles. The maximum atomic E-state index is 11.5. The third kappa shape index (κ3) is 5.02. The number of carboxylic acids is 1. The fourth-order valence-electron chi connectivity index (χ4n) is 1.46. The monoisotopic (exact) mass is 265 g/mol. The van der Waals surface area contributed by atoms with Gasteiger partial charge in [-0.3, -0.25) is 4.79 Å². The average Bonchev–Trinajstić information content (AvgIpc) is 2.81. The standard InChI is InChI=1S/C13H15NO3S/c1-2-5-11(13(16)17)14-12(15)8-3-6-10-7-4-9-18-10/h1,4,7,9,11H,3,5-6,8H2,(H,14,15)(H,16,17). The maximum absolute atomic E-state index is 11.5. The molecule has 1 aromatic heterocycles. The van der Waals surface area contributed by atoms with Crippen LogP contribution in [0.3, 0.4) is 0 Å². The molecule has 1 heterocycles. The predicted molar refractivity (Wildman–Crippen MR) is 70.3 cm³/mol. The molecule has 0 saturated heterocycles. The van der Waals surface area contributed by atoms with E-state index < -0.39 is 12.0 Å². The second-order valence-corrected chi connectivity index (χ2v) is 4.83. The number of hydrogen-bond donors (Lipinski definition) is 2. The second kappa shape index (κ2) is 7.51. The van der Waals surface area contributed by atoms with Crippen LogP contribution in [0, 0.1) is 12.3 Å². The zero-order valence-corrected chi connectivity index (χ0v) is 10.7. The summed E-state index contributed by atoms with van der Waals surface area (Å²) in [5.41, 5.74) is 0. The lowest BCUT2D eigenvalue weighted by Gasteiger charge is -2.11. The fraction of sp³-hybridized carbons (Fsp3) is 0.385. The highest BCUT2D eigenvalue weighted by atomic mass is 32.1. The summed E-state index contributed by atoms with van der Waals surface area (Å²) in [6, 6.07) is 3.00. The van der Waals surface area contributed by atoms with Gasteiger partial charge in [0.15, 0.2) is 0 Å². The van der Waals surface area contributed by atoms with Gasteiger partial charge in [0.1, 0.15) is 6.04 Å². The largest absolute Gasteiger partial charge is 0.480 e. The number of amides is 1. The molecule has 4 nitrogen and oxygen atoms in total. The number of carbonyl (C=O) groups excluding carboxylic acids is 1. The lowest BCUT2D eigenvalue weighted by atomic mass is 10.1. The molecule has 96 valence electrons. The molecule has 0 bridgehead atoms. The van der Waals surface area contributed by atoms with Crippen LogP contribution in [-0.4, -0.2) is 23.0 Å². The summed E-state index contributed by atoms with van der Waals surface area (Å²) in [7, 11) is 0. The van der Waals surface area contributed by atoms with E-state index in [0.717, 1.165) is 6.42 Å². The summed E-state index contributed by atoms with van der Waals surface area (Å²) >= 11 is 1.65. The van der Waals surface area contributed by atoms with Gasteiger partial charge in [0.05, 0.1) is 0 Å². The number of carbonyl (C=O) groups is 2. The number of terminal acetylenes is 1. The van der Waals surface area contributed by atoms with Gasteiger partial charge in [-0.15, -0.1) is 23.7 Å². The van der Waals surface area contributed by atoms with Crippen LogP contribution in [0.2, 0.25) is 0 Å². The Labute approximate surface area is 110 Å². The van der Waals surface area contributed by atoms with Crippen molar-refractivity contribution in [2.75, 3.05) is 0 Å². The molecule has 0 aliphatic rings. The van der Waals surface area contributed by atoms with Gasteiger partial charge in [-0.05, 0) is 24.3 Å². The third-order valence-electron chi connectivity index (χ3n) is 2.36. The fourth-order valence-corrected chi connectivity index (χ4v) is 2.21. The molecule has 0 fully saturated rings. The van der Waals surface area contributed by atoms with Gasteiger partial charge in [0.2, 0.25) is 5.91 Å². The Balaban J connectivity index is 2.28. The van der Waals surface area contributed by atoms with Gasteiger partial charge < -0.3 is 10.4 Å². The van der Waals surface area contributed by atoms with Crippen molar-refractivity contribution in [3.05, 3.63) is 22.4 Å². The van der Waals surface area contributed by atoms with E-state index >= 15 is 0 Å². The van der Waals surface area contributed by atoms with E-state index in [0.29, 0.717) is 12.8 Å². The number of rotatable bonds is 7. The Bertz CT molecular complexity index is 434. The van der Waals surface area contributed by atoms with Crippen LogP contribution in [0.25, 0.3) is 0 Å². The molecule has 1 atom stereocenters. The number of carboxylic acid groups (broad SMARTS) is 1. The van der Waals surface area contributed by atoms with E-state index in [1.165, 1.54) is 4.88 Å². The normalized spacial score (nSPS) is 11.5. The molecule has 0 aliphatic carbocycles. The Hall–Kier alpha value is -1.80. The van der Waals surface area contributed by atoms with Crippen molar-refractivity contribution in [3.8, 4) is 12.3 Å².